The zero-order valence-electron chi connectivity index (χ0n) is 17.3. The molecule has 2 saturated heterocycles. The molecule has 32 heavy (non-hydrogen) atoms. The van der Waals surface area contributed by atoms with Crippen LogP contribution in [0, 0.1) is 0 Å². The Morgan fingerprint density at radius 1 is 1.19 bits per heavy atom. The molecule has 1 aromatic carbocycles. The average Bonchev–Trinajstić information content (AvgIpc) is 3.39. The number of aromatic nitrogens is 5. The minimum atomic E-state index is -2.65. The highest BCUT2D eigenvalue weighted by Crippen LogP contribution is 2.42. The summed E-state index contributed by atoms with van der Waals surface area (Å²) in [6, 6.07) is 6.07. The molecule has 3 aromatic rings. The number of benzene rings is 1. The molecule has 0 aliphatic carbocycles. The zero-order valence-corrected chi connectivity index (χ0v) is 17.3. The van der Waals surface area contributed by atoms with Crippen LogP contribution >= 0.6 is 0 Å². The van der Waals surface area contributed by atoms with Crippen molar-refractivity contribution in [2.24, 2.45) is 0 Å². The second-order valence-corrected chi connectivity index (χ2v) is 8.86. The Kier molecular flexibility index (Phi) is 4.39. The summed E-state index contributed by atoms with van der Waals surface area (Å²) in [5.74, 6) is -1.56. The molecule has 0 spiro atoms. The van der Waals surface area contributed by atoms with E-state index in [-0.39, 0.29) is 24.3 Å². The van der Waals surface area contributed by atoms with E-state index >= 15 is 0 Å². The van der Waals surface area contributed by atoms with E-state index in [1.165, 1.54) is 0 Å². The van der Waals surface area contributed by atoms with E-state index in [1.54, 1.807) is 29.2 Å². The smallest absolute Gasteiger partial charge is 0.264 e. The largest absolute Gasteiger partial charge is 0.507 e. The van der Waals surface area contributed by atoms with Gasteiger partial charge in [-0.25, -0.2) is 18.4 Å². The second kappa shape index (κ2) is 7.19. The van der Waals surface area contributed by atoms with Crippen molar-refractivity contribution in [2.75, 3.05) is 11.4 Å². The Labute approximate surface area is 183 Å². The standard InChI is InChI=1S/C22H23F2N7O/c23-22(24)12-13-9-15(11-19(22)26-13)30-7-1-3-17-21(30)29-28-20(27-17)16-5-4-14(10-18(16)32)31-8-2-6-25-31/h2,4-6,8,10,13,15,19,26,32H,1,3,7,9,11-12H2/t13-,15+,19+/m0/s1. The van der Waals surface area contributed by atoms with Gasteiger partial charge in [0.05, 0.1) is 23.0 Å². The second-order valence-electron chi connectivity index (χ2n) is 8.86. The number of phenolic OH excluding ortho intramolecular Hbond substituents is 1. The van der Waals surface area contributed by atoms with Crippen molar-refractivity contribution in [3.63, 3.8) is 0 Å². The number of aromatic hydroxyl groups is 1. The molecule has 2 bridgehead atoms. The first-order chi connectivity index (χ1) is 15.5. The van der Waals surface area contributed by atoms with Gasteiger partial charge in [-0.05, 0) is 43.9 Å². The topological polar surface area (TPSA) is 92.0 Å². The highest BCUT2D eigenvalue weighted by molar-refractivity contribution is 5.66. The highest BCUT2D eigenvalue weighted by atomic mass is 19.3. The Morgan fingerprint density at radius 2 is 2.09 bits per heavy atom. The van der Waals surface area contributed by atoms with E-state index in [0.29, 0.717) is 30.0 Å². The predicted molar refractivity (Wildman–Crippen MR) is 113 cm³/mol. The fourth-order valence-electron chi connectivity index (χ4n) is 5.29. The molecule has 3 aliphatic heterocycles. The molecule has 0 amide bonds. The summed E-state index contributed by atoms with van der Waals surface area (Å²) in [5, 5.41) is 26.6. The van der Waals surface area contributed by atoms with Crippen LogP contribution in [0.4, 0.5) is 14.6 Å². The molecule has 8 nitrogen and oxygen atoms in total. The van der Waals surface area contributed by atoms with Gasteiger partial charge in [0.1, 0.15) is 5.75 Å². The lowest BCUT2D eigenvalue weighted by molar-refractivity contribution is -0.0129. The number of anilines is 1. The lowest BCUT2D eigenvalue weighted by Crippen LogP contribution is -2.52. The normalized spacial score (nSPS) is 26.2. The maximum absolute atomic E-state index is 14.2. The number of nitrogens with zero attached hydrogens (tertiary/aromatic N) is 6. The minimum absolute atomic E-state index is 0.00221. The molecule has 0 unspecified atom stereocenters. The van der Waals surface area contributed by atoms with Gasteiger partial charge < -0.3 is 15.3 Å². The van der Waals surface area contributed by atoms with E-state index in [0.717, 1.165) is 30.8 Å². The van der Waals surface area contributed by atoms with Crippen molar-refractivity contribution < 1.29 is 13.9 Å². The molecule has 166 valence electrons. The summed E-state index contributed by atoms with van der Waals surface area (Å²) in [4.78, 5) is 6.82. The fourth-order valence-corrected chi connectivity index (χ4v) is 5.29. The molecule has 2 fully saturated rings. The molecule has 0 saturated carbocycles. The van der Waals surface area contributed by atoms with Crippen molar-refractivity contribution in [1.29, 1.82) is 0 Å². The van der Waals surface area contributed by atoms with Gasteiger partial charge in [-0.1, -0.05) is 0 Å². The molecule has 10 heteroatoms. The van der Waals surface area contributed by atoms with Crippen LogP contribution in [0.3, 0.4) is 0 Å². The Hall–Kier alpha value is -3.14. The van der Waals surface area contributed by atoms with Crippen LogP contribution in [0.15, 0.2) is 36.7 Å². The van der Waals surface area contributed by atoms with E-state index in [2.05, 4.69) is 25.5 Å². The van der Waals surface area contributed by atoms with Gasteiger partial charge in [0.15, 0.2) is 11.6 Å². The number of piperidine rings is 1. The first-order valence-electron chi connectivity index (χ1n) is 11.0. The van der Waals surface area contributed by atoms with Crippen LogP contribution in [0.25, 0.3) is 17.1 Å². The van der Waals surface area contributed by atoms with Crippen molar-refractivity contribution in [2.45, 2.75) is 56.2 Å². The van der Waals surface area contributed by atoms with Gasteiger partial charge in [-0.2, -0.15) is 5.10 Å². The summed E-state index contributed by atoms with van der Waals surface area (Å²) in [7, 11) is 0. The van der Waals surface area contributed by atoms with Gasteiger partial charge in [0.25, 0.3) is 5.92 Å². The number of hydrogen-bond acceptors (Lipinski definition) is 7. The van der Waals surface area contributed by atoms with Gasteiger partial charge >= 0.3 is 0 Å². The third-order valence-electron chi connectivity index (χ3n) is 6.78. The number of nitrogens with one attached hydrogen (secondary N) is 1. The fraction of sp³-hybridized carbons (Fsp3) is 0.455. The van der Waals surface area contributed by atoms with Gasteiger partial charge in [0.2, 0.25) is 0 Å². The van der Waals surface area contributed by atoms with Gasteiger partial charge in [0, 0.05) is 43.5 Å². The number of phenols is 1. The quantitative estimate of drug-likeness (QED) is 0.648. The van der Waals surface area contributed by atoms with Crippen LogP contribution in [0.1, 0.15) is 31.4 Å². The van der Waals surface area contributed by atoms with Crippen molar-refractivity contribution >= 4 is 5.82 Å². The molecule has 2 aromatic heterocycles. The van der Waals surface area contributed by atoms with Crippen molar-refractivity contribution in [3.8, 4) is 22.8 Å². The molecular formula is C22H23F2N7O. The van der Waals surface area contributed by atoms with E-state index in [4.69, 9.17) is 4.98 Å². The summed E-state index contributed by atoms with van der Waals surface area (Å²) in [6.45, 7) is 0.766. The first-order valence-corrected chi connectivity index (χ1v) is 11.0. The van der Waals surface area contributed by atoms with Crippen LogP contribution in [-0.4, -0.2) is 60.7 Å². The number of aryl methyl sites for hydroxylation is 1. The number of rotatable bonds is 3. The highest BCUT2D eigenvalue weighted by Gasteiger charge is 2.53. The molecule has 0 radical (unpaired) electrons. The summed E-state index contributed by atoms with van der Waals surface area (Å²) < 4.78 is 30.0. The van der Waals surface area contributed by atoms with Gasteiger partial charge in [-0.15, -0.1) is 10.2 Å². The number of halogens is 2. The van der Waals surface area contributed by atoms with Crippen LogP contribution in [-0.2, 0) is 6.42 Å². The number of fused-ring (bicyclic) bond motifs is 3. The maximum atomic E-state index is 14.2. The lowest BCUT2D eigenvalue weighted by Gasteiger charge is -2.40. The molecule has 6 rings (SSSR count). The number of alkyl halides is 2. The molecule has 5 heterocycles. The Bertz CT molecular complexity index is 1150. The zero-order chi connectivity index (χ0) is 21.9. The summed E-state index contributed by atoms with van der Waals surface area (Å²) in [6.07, 6.45) is 6.06. The van der Waals surface area contributed by atoms with Gasteiger partial charge in [-0.3, -0.25) is 0 Å². The molecule has 3 aliphatic rings. The number of hydrogen-bond donors (Lipinski definition) is 2. The van der Waals surface area contributed by atoms with Crippen LogP contribution < -0.4 is 10.2 Å². The average molecular weight is 439 g/mol. The summed E-state index contributed by atoms with van der Waals surface area (Å²) >= 11 is 0. The molecule has 3 atom stereocenters. The van der Waals surface area contributed by atoms with Crippen LogP contribution in [0.5, 0.6) is 5.75 Å². The monoisotopic (exact) mass is 439 g/mol. The lowest BCUT2D eigenvalue weighted by atomic mass is 9.96. The molecule has 2 N–H and O–H groups in total. The Morgan fingerprint density at radius 3 is 2.88 bits per heavy atom. The maximum Gasteiger partial charge on any atom is 0.264 e. The van der Waals surface area contributed by atoms with E-state index in [1.807, 2.05) is 12.1 Å². The van der Waals surface area contributed by atoms with Crippen molar-refractivity contribution in [3.05, 3.63) is 42.4 Å². The Balaban J connectivity index is 1.28. The van der Waals surface area contributed by atoms with E-state index in [9.17, 15) is 13.9 Å². The molecular weight excluding hydrogens is 416 g/mol. The predicted octanol–water partition coefficient (Wildman–Crippen LogP) is 2.71. The minimum Gasteiger partial charge on any atom is -0.507 e. The third-order valence-corrected chi connectivity index (χ3v) is 6.78. The van der Waals surface area contributed by atoms with E-state index < -0.39 is 12.0 Å². The summed E-state index contributed by atoms with van der Waals surface area (Å²) in [5.41, 5.74) is 2.02. The van der Waals surface area contributed by atoms with Crippen LogP contribution in [0.2, 0.25) is 0 Å². The SMILES string of the molecule is Oc1cc(-n2cccn2)ccc1-c1nnc2c(n1)CCCN2[C@@H]1C[C@H]2CC(F)(F)[C@@H](C1)N2. The third kappa shape index (κ3) is 3.21. The first kappa shape index (κ1) is 19.5. The van der Waals surface area contributed by atoms with Crippen molar-refractivity contribution in [1.82, 2.24) is 30.3 Å².